The van der Waals surface area contributed by atoms with Gasteiger partial charge in [-0.25, -0.2) is 9.78 Å². The van der Waals surface area contributed by atoms with Crippen LogP contribution in [0.25, 0.3) is 11.2 Å². The van der Waals surface area contributed by atoms with Gasteiger partial charge in [0.05, 0.1) is 0 Å². The van der Waals surface area contributed by atoms with E-state index in [0.29, 0.717) is 12.2 Å². The molecule has 0 aromatic carbocycles. The molecular formula is C8H9N5O2. The fourth-order valence-electron chi connectivity index (χ4n) is 1.29. The molecule has 2 aromatic heterocycles. The highest BCUT2D eigenvalue weighted by atomic mass is 16.2. The molecule has 0 aliphatic carbocycles. The molecule has 0 fully saturated rings. The maximum atomic E-state index is 11.3. The first kappa shape index (κ1) is 9.25. The minimum absolute atomic E-state index is 0.139. The van der Waals surface area contributed by atoms with Gasteiger partial charge < -0.3 is 10.8 Å². The number of aromatic amines is 2. The van der Waals surface area contributed by atoms with Crippen LogP contribution in [0.3, 0.4) is 0 Å². The summed E-state index contributed by atoms with van der Waals surface area (Å²) >= 11 is 0. The Kier molecular flexibility index (Phi) is 1.93. The number of aromatic nitrogens is 4. The van der Waals surface area contributed by atoms with Crippen LogP contribution in [0.2, 0.25) is 0 Å². The van der Waals surface area contributed by atoms with Crippen molar-refractivity contribution in [1.29, 1.82) is 0 Å². The molecule has 2 rings (SSSR count). The topological polar surface area (TPSA) is 110 Å². The van der Waals surface area contributed by atoms with Crippen molar-refractivity contribution in [2.45, 2.75) is 6.42 Å². The fourth-order valence-corrected chi connectivity index (χ4v) is 1.29. The normalized spacial score (nSPS) is 10.7. The van der Waals surface area contributed by atoms with Crippen LogP contribution in [0.4, 0.5) is 0 Å². The minimum Gasteiger partial charge on any atom is -0.336 e. The molecular weight excluding hydrogens is 198 g/mol. The molecule has 0 aliphatic heterocycles. The van der Waals surface area contributed by atoms with E-state index in [9.17, 15) is 9.59 Å². The van der Waals surface area contributed by atoms with Crippen LogP contribution in [0.15, 0.2) is 22.2 Å². The largest absolute Gasteiger partial charge is 0.348 e. The second-order valence-corrected chi connectivity index (χ2v) is 3.00. The minimum atomic E-state index is -0.691. The van der Waals surface area contributed by atoms with Crippen LogP contribution in [0, 0.1) is 0 Å². The molecule has 15 heavy (non-hydrogen) atoms. The van der Waals surface area contributed by atoms with Crippen molar-refractivity contribution in [2.24, 2.45) is 0 Å². The van der Waals surface area contributed by atoms with E-state index in [1.807, 2.05) is 0 Å². The molecule has 0 radical (unpaired) electrons. The van der Waals surface area contributed by atoms with Gasteiger partial charge in [0.2, 0.25) is 0 Å². The number of hydrogen-bond donors (Lipinski definition) is 3. The number of fused-ring (bicyclic) bond motifs is 1. The van der Waals surface area contributed by atoms with E-state index in [1.54, 1.807) is 6.08 Å². The van der Waals surface area contributed by atoms with E-state index < -0.39 is 11.2 Å². The first-order valence-electron chi connectivity index (χ1n) is 4.23. The van der Waals surface area contributed by atoms with Crippen LogP contribution < -0.4 is 17.1 Å². The summed E-state index contributed by atoms with van der Waals surface area (Å²) in [6, 6.07) is 0. The Hall–Kier alpha value is -2.31. The molecule has 4 N–H and O–H groups in total. The smallest absolute Gasteiger partial charge is 0.336 e. The second-order valence-electron chi connectivity index (χ2n) is 3.00. The Balaban J connectivity index is 2.85. The predicted octanol–water partition coefficient (Wildman–Crippen LogP) is -1.14. The highest BCUT2D eigenvalue weighted by Crippen LogP contribution is 2.03. The Morgan fingerprint density at radius 2 is 2.20 bits per heavy atom. The Morgan fingerprint density at radius 1 is 1.47 bits per heavy atom. The van der Waals surface area contributed by atoms with Gasteiger partial charge in [-0.15, -0.1) is 6.58 Å². The van der Waals surface area contributed by atoms with Crippen molar-refractivity contribution in [3.05, 3.63) is 39.3 Å². The van der Waals surface area contributed by atoms with Crippen LogP contribution >= 0.6 is 0 Å². The van der Waals surface area contributed by atoms with Crippen LogP contribution in [-0.2, 0) is 6.42 Å². The highest BCUT2D eigenvalue weighted by Gasteiger charge is 2.09. The summed E-state index contributed by atoms with van der Waals surface area (Å²) in [6.45, 7) is 3.54. The molecule has 7 nitrogen and oxygen atoms in total. The zero-order chi connectivity index (χ0) is 11.0. The van der Waals surface area contributed by atoms with Crippen molar-refractivity contribution in [3.8, 4) is 0 Å². The van der Waals surface area contributed by atoms with Gasteiger partial charge in [-0.3, -0.25) is 9.78 Å². The van der Waals surface area contributed by atoms with Crippen LogP contribution in [0.1, 0.15) is 5.82 Å². The molecule has 2 heterocycles. The lowest BCUT2D eigenvalue weighted by Crippen LogP contribution is -2.34. The van der Waals surface area contributed by atoms with E-state index >= 15 is 0 Å². The van der Waals surface area contributed by atoms with Crippen molar-refractivity contribution >= 4 is 11.2 Å². The van der Waals surface area contributed by atoms with Crippen molar-refractivity contribution in [3.63, 3.8) is 0 Å². The maximum Gasteiger partial charge on any atom is 0.348 e. The maximum absolute atomic E-state index is 11.3. The molecule has 0 spiro atoms. The van der Waals surface area contributed by atoms with Gasteiger partial charge in [-0.1, -0.05) is 6.08 Å². The summed E-state index contributed by atoms with van der Waals surface area (Å²) in [6.07, 6.45) is 2.10. The standard InChI is InChI=1S/C8H9N5O2/c1-2-3-4-10-5-6(11-4)13(9)8(15)12-7(5)14/h2H,1,3,9H2,(H,10,11)(H,12,14,15). The number of nitrogens with two attached hydrogens (primary N) is 1. The lowest BCUT2D eigenvalue weighted by molar-refractivity contribution is 0.889. The first-order valence-corrected chi connectivity index (χ1v) is 4.23. The van der Waals surface area contributed by atoms with Crippen molar-refractivity contribution < 1.29 is 0 Å². The summed E-state index contributed by atoms with van der Waals surface area (Å²) in [7, 11) is 0. The third kappa shape index (κ3) is 1.33. The van der Waals surface area contributed by atoms with Gasteiger partial charge >= 0.3 is 5.69 Å². The molecule has 0 bridgehead atoms. The SMILES string of the molecule is C=CCc1nc2c([nH]1)c(=O)[nH]c(=O)n2N. The highest BCUT2D eigenvalue weighted by molar-refractivity contribution is 5.69. The van der Waals surface area contributed by atoms with E-state index in [2.05, 4.69) is 21.5 Å². The molecule has 0 unspecified atom stereocenters. The average molecular weight is 207 g/mol. The van der Waals surface area contributed by atoms with Crippen molar-refractivity contribution in [2.75, 3.05) is 5.84 Å². The molecule has 0 saturated carbocycles. The number of nitrogens with one attached hydrogen (secondary N) is 2. The zero-order valence-electron chi connectivity index (χ0n) is 7.78. The molecule has 2 aromatic rings. The lowest BCUT2D eigenvalue weighted by atomic mass is 10.4. The summed E-state index contributed by atoms with van der Waals surface area (Å²) in [5.41, 5.74) is -0.891. The predicted molar refractivity (Wildman–Crippen MR) is 55.0 cm³/mol. The molecule has 0 aliphatic rings. The number of H-pyrrole nitrogens is 2. The number of allylic oxidation sites excluding steroid dienone is 1. The van der Waals surface area contributed by atoms with E-state index in [-0.39, 0.29) is 11.2 Å². The van der Waals surface area contributed by atoms with Crippen LogP contribution in [0.5, 0.6) is 0 Å². The molecule has 0 amide bonds. The fraction of sp³-hybridized carbons (Fsp3) is 0.125. The molecule has 0 saturated heterocycles. The first-order chi connectivity index (χ1) is 7.13. The monoisotopic (exact) mass is 207 g/mol. The van der Waals surface area contributed by atoms with Gasteiger partial charge in [0.15, 0.2) is 11.2 Å². The number of rotatable bonds is 2. The third-order valence-corrected chi connectivity index (χ3v) is 1.97. The van der Waals surface area contributed by atoms with Gasteiger partial charge in [0.1, 0.15) is 5.82 Å². The average Bonchev–Trinajstić information content (AvgIpc) is 2.60. The van der Waals surface area contributed by atoms with Gasteiger partial charge in [0, 0.05) is 6.42 Å². The summed E-state index contributed by atoms with van der Waals surface area (Å²) in [5, 5.41) is 0. The number of imidazole rings is 1. The quantitative estimate of drug-likeness (QED) is 0.427. The van der Waals surface area contributed by atoms with E-state index in [1.165, 1.54) is 0 Å². The number of nitrogen functional groups attached to an aromatic ring is 1. The van der Waals surface area contributed by atoms with E-state index in [0.717, 1.165) is 4.68 Å². The second kappa shape index (κ2) is 3.12. The molecule has 78 valence electrons. The van der Waals surface area contributed by atoms with E-state index in [4.69, 9.17) is 5.84 Å². The summed E-state index contributed by atoms with van der Waals surface area (Å²) in [4.78, 5) is 31.3. The van der Waals surface area contributed by atoms with Gasteiger partial charge in [-0.2, -0.15) is 4.68 Å². The van der Waals surface area contributed by atoms with Crippen LogP contribution in [-0.4, -0.2) is 19.6 Å². The lowest BCUT2D eigenvalue weighted by Gasteiger charge is -1.94. The van der Waals surface area contributed by atoms with Crippen molar-refractivity contribution in [1.82, 2.24) is 19.6 Å². The zero-order valence-corrected chi connectivity index (χ0v) is 7.78. The van der Waals surface area contributed by atoms with Gasteiger partial charge in [0.25, 0.3) is 5.56 Å². The molecule has 0 atom stereocenters. The Bertz CT molecular complexity index is 632. The van der Waals surface area contributed by atoms with Gasteiger partial charge in [-0.05, 0) is 0 Å². The summed E-state index contributed by atoms with van der Waals surface area (Å²) < 4.78 is 0.791. The molecule has 7 heteroatoms. The number of nitrogens with zero attached hydrogens (tertiary/aromatic N) is 2. The summed E-state index contributed by atoms with van der Waals surface area (Å²) in [5.74, 6) is 5.96. The third-order valence-electron chi connectivity index (χ3n) is 1.97. The Morgan fingerprint density at radius 3 is 2.87 bits per heavy atom. The Labute approximate surface area is 83.2 Å². The number of hydrogen-bond acceptors (Lipinski definition) is 4.